The van der Waals surface area contributed by atoms with Gasteiger partial charge in [-0.15, -0.1) is 0 Å². The molecule has 9 heteroatoms. The van der Waals surface area contributed by atoms with E-state index in [2.05, 4.69) is 30.0 Å². The Morgan fingerprint density at radius 1 is 1.17 bits per heavy atom. The van der Waals surface area contributed by atoms with E-state index in [4.69, 9.17) is 11.6 Å². The van der Waals surface area contributed by atoms with Gasteiger partial charge in [0.15, 0.2) is 0 Å². The minimum absolute atomic E-state index is 0.186. The lowest BCUT2D eigenvalue weighted by Crippen LogP contribution is -2.47. The van der Waals surface area contributed by atoms with E-state index in [1.807, 2.05) is 23.9 Å². The summed E-state index contributed by atoms with van der Waals surface area (Å²) in [5.74, 6) is 0.940. The molecule has 24 heavy (non-hydrogen) atoms. The lowest BCUT2D eigenvalue weighted by atomic mass is 10.2. The number of fused-ring (bicyclic) bond motifs is 1. The Morgan fingerprint density at radius 3 is 2.71 bits per heavy atom. The molecule has 8 nitrogen and oxygen atoms in total. The molecule has 1 N–H and O–H groups in total. The molecule has 1 aliphatic rings. The third-order valence-electron chi connectivity index (χ3n) is 4.34. The summed E-state index contributed by atoms with van der Waals surface area (Å²) in [6.45, 7) is 3.04. The van der Waals surface area contributed by atoms with Crippen LogP contribution in [0.5, 0.6) is 0 Å². The molecule has 3 aromatic heterocycles. The molecule has 0 spiro atoms. The molecule has 0 amide bonds. The van der Waals surface area contributed by atoms with Crippen molar-refractivity contribution < 1.29 is 0 Å². The maximum Gasteiger partial charge on any atom is 0.285 e. The molecule has 0 aromatic carbocycles. The van der Waals surface area contributed by atoms with Crippen molar-refractivity contribution >= 4 is 34.1 Å². The van der Waals surface area contributed by atoms with Crippen LogP contribution in [0, 0.1) is 0 Å². The van der Waals surface area contributed by atoms with Crippen LogP contribution in [0.15, 0.2) is 29.6 Å². The fraction of sp³-hybridized carbons (Fsp3) is 0.333. The molecular formula is C15H16ClN7O. The minimum atomic E-state index is -0.363. The van der Waals surface area contributed by atoms with Gasteiger partial charge in [-0.1, -0.05) is 11.6 Å². The number of hydrogen-bond acceptors (Lipinski definition) is 6. The largest absolute Gasteiger partial charge is 0.365 e. The lowest BCUT2D eigenvalue weighted by molar-refractivity contribution is 0.646. The molecule has 0 bridgehead atoms. The van der Waals surface area contributed by atoms with Crippen molar-refractivity contribution in [3.05, 3.63) is 40.2 Å². The van der Waals surface area contributed by atoms with E-state index in [1.54, 1.807) is 12.5 Å². The molecular weight excluding hydrogens is 330 g/mol. The summed E-state index contributed by atoms with van der Waals surface area (Å²) in [5.41, 5.74) is 1.23. The third kappa shape index (κ3) is 2.39. The van der Waals surface area contributed by atoms with Gasteiger partial charge in [0.2, 0.25) is 0 Å². The van der Waals surface area contributed by atoms with Crippen LogP contribution in [0.1, 0.15) is 0 Å². The summed E-state index contributed by atoms with van der Waals surface area (Å²) in [7, 11) is 1.97. The van der Waals surface area contributed by atoms with Crippen molar-refractivity contribution in [3.8, 4) is 0 Å². The van der Waals surface area contributed by atoms with E-state index in [0.717, 1.165) is 43.0 Å². The molecule has 1 saturated heterocycles. The number of H-pyrrole nitrogens is 1. The van der Waals surface area contributed by atoms with Crippen LogP contribution < -0.4 is 15.4 Å². The van der Waals surface area contributed by atoms with Crippen LogP contribution in [0.25, 0.3) is 11.0 Å². The Balaban J connectivity index is 1.58. The highest BCUT2D eigenvalue weighted by Crippen LogP contribution is 2.26. The number of hydrogen-bond donors (Lipinski definition) is 1. The highest BCUT2D eigenvalue weighted by molar-refractivity contribution is 6.33. The monoisotopic (exact) mass is 345 g/mol. The maximum absolute atomic E-state index is 11.6. The molecule has 0 radical (unpaired) electrons. The summed E-state index contributed by atoms with van der Waals surface area (Å²) in [6.07, 6.45) is 5.18. The van der Waals surface area contributed by atoms with E-state index >= 15 is 0 Å². The number of nitrogens with zero attached hydrogens (tertiary/aromatic N) is 6. The first-order valence-corrected chi connectivity index (χ1v) is 8.02. The standard InChI is InChI=1S/C15H16ClN7O/c1-21-3-2-10-13(21)17-9-18-14(10)23-6-4-22(5-7-23)11-8-19-20-15(24)12(11)16/h2-3,8-9H,4-7H2,1H3,(H,20,24). The Morgan fingerprint density at radius 2 is 1.92 bits per heavy atom. The molecule has 4 rings (SSSR count). The van der Waals surface area contributed by atoms with Crippen molar-refractivity contribution in [2.45, 2.75) is 0 Å². The lowest BCUT2D eigenvalue weighted by Gasteiger charge is -2.36. The van der Waals surface area contributed by atoms with Crippen LogP contribution in [0.3, 0.4) is 0 Å². The van der Waals surface area contributed by atoms with E-state index in [0.29, 0.717) is 5.69 Å². The first kappa shape index (κ1) is 14.9. The second-order valence-corrected chi connectivity index (χ2v) is 6.11. The van der Waals surface area contributed by atoms with Gasteiger partial charge in [-0.2, -0.15) is 5.10 Å². The predicted molar refractivity (Wildman–Crippen MR) is 92.8 cm³/mol. The van der Waals surface area contributed by atoms with Crippen LogP contribution in [0.2, 0.25) is 5.02 Å². The normalized spacial score (nSPS) is 15.2. The van der Waals surface area contributed by atoms with Gasteiger partial charge >= 0.3 is 0 Å². The summed E-state index contributed by atoms with van der Waals surface area (Å²) in [5, 5.41) is 7.41. The Labute approximate surface area is 142 Å². The van der Waals surface area contributed by atoms with Gasteiger partial charge in [-0.3, -0.25) is 4.79 Å². The number of rotatable bonds is 2. The zero-order chi connectivity index (χ0) is 16.7. The molecule has 1 fully saturated rings. The smallest absolute Gasteiger partial charge is 0.285 e. The van der Waals surface area contributed by atoms with Crippen LogP contribution in [-0.4, -0.2) is 50.9 Å². The number of aromatic amines is 1. The molecule has 3 aromatic rings. The number of nitrogens with one attached hydrogen (secondary N) is 1. The third-order valence-corrected chi connectivity index (χ3v) is 4.70. The van der Waals surface area contributed by atoms with Gasteiger partial charge in [0, 0.05) is 39.4 Å². The summed E-state index contributed by atoms with van der Waals surface area (Å²) < 4.78 is 1.98. The number of aryl methyl sites for hydroxylation is 1. The topological polar surface area (TPSA) is 82.9 Å². The Kier molecular flexibility index (Phi) is 3.61. The quantitative estimate of drug-likeness (QED) is 0.747. The summed E-state index contributed by atoms with van der Waals surface area (Å²) >= 11 is 6.10. The number of anilines is 2. The Hall–Kier alpha value is -2.61. The SMILES string of the molecule is Cn1ccc2c(N3CCN(c4cn[nH]c(=O)c4Cl)CC3)ncnc21. The fourth-order valence-corrected chi connectivity index (χ4v) is 3.28. The molecule has 4 heterocycles. The van der Waals surface area contributed by atoms with Crippen molar-refractivity contribution in [2.75, 3.05) is 36.0 Å². The predicted octanol–water partition coefficient (Wildman–Crippen LogP) is 1.03. The molecule has 0 atom stereocenters. The van der Waals surface area contributed by atoms with E-state index < -0.39 is 0 Å². The van der Waals surface area contributed by atoms with Gasteiger partial charge in [-0.05, 0) is 6.07 Å². The van der Waals surface area contributed by atoms with Crippen molar-refractivity contribution in [2.24, 2.45) is 7.05 Å². The van der Waals surface area contributed by atoms with E-state index in [9.17, 15) is 4.79 Å². The van der Waals surface area contributed by atoms with Gasteiger partial charge < -0.3 is 14.4 Å². The zero-order valence-corrected chi connectivity index (χ0v) is 13.9. The van der Waals surface area contributed by atoms with Crippen LogP contribution >= 0.6 is 11.6 Å². The molecule has 0 aliphatic carbocycles. The zero-order valence-electron chi connectivity index (χ0n) is 13.1. The first-order valence-electron chi connectivity index (χ1n) is 7.64. The first-order chi connectivity index (χ1) is 11.6. The Bertz CT molecular complexity index is 942. The van der Waals surface area contributed by atoms with E-state index in [1.165, 1.54) is 0 Å². The average Bonchev–Trinajstić information content (AvgIpc) is 2.99. The van der Waals surface area contributed by atoms with Gasteiger partial charge in [-0.25, -0.2) is 15.1 Å². The molecule has 0 unspecified atom stereocenters. The van der Waals surface area contributed by atoms with Crippen molar-refractivity contribution in [3.63, 3.8) is 0 Å². The fourth-order valence-electron chi connectivity index (χ4n) is 3.07. The van der Waals surface area contributed by atoms with Gasteiger partial charge in [0.25, 0.3) is 5.56 Å². The number of piperazine rings is 1. The van der Waals surface area contributed by atoms with Gasteiger partial charge in [0.05, 0.1) is 17.3 Å². The summed E-state index contributed by atoms with van der Waals surface area (Å²) in [4.78, 5) is 24.7. The molecule has 124 valence electrons. The average molecular weight is 346 g/mol. The van der Waals surface area contributed by atoms with Crippen LogP contribution in [-0.2, 0) is 7.05 Å². The van der Waals surface area contributed by atoms with Crippen molar-refractivity contribution in [1.29, 1.82) is 0 Å². The molecule has 1 aliphatic heterocycles. The van der Waals surface area contributed by atoms with Crippen molar-refractivity contribution in [1.82, 2.24) is 24.7 Å². The number of aromatic nitrogens is 5. The second kappa shape index (κ2) is 5.79. The van der Waals surface area contributed by atoms with E-state index in [-0.39, 0.29) is 10.6 Å². The minimum Gasteiger partial charge on any atom is -0.365 e. The number of halogens is 1. The second-order valence-electron chi connectivity index (χ2n) is 5.73. The molecule has 0 saturated carbocycles. The highest BCUT2D eigenvalue weighted by Gasteiger charge is 2.22. The summed E-state index contributed by atoms with van der Waals surface area (Å²) in [6, 6.07) is 2.04. The highest BCUT2D eigenvalue weighted by atomic mass is 35.5. The maximum atomic E-state index is 11.6. The van der Waals surface area contributed by atoms with Crippen LogP contribution in [0.4, 0.5) is 11.5 Å². The van der Waals surface area contributed by atoms with Gasteiger partial charge in [0.1, 0.15) is 22.8 Å².